The van der Waals surface area contributed by atoms with Gasteiger partial charge >= 0.3 is 0 Å². The molecule has 1 aromatic rings. The van der Waals surface area contributed by atoms with Crippen LogP contribution < -0.4 is 4.74 Å². The Morgan fingerprint density at radius 1 is 1.43 bits per heavy atom. The number of likely N-dealkylation sites (tertiary alicyclic amines) is 1. The number of phenols is 1. The summed E-state index contributed by atoms with van der Waals surface area (Å²) in [7, 11) is 3.83. The molecule has 2 bridgehead atoms. The Hall–Kier alpha value is -1.85. The van der Waals surface area contributed by atoms with E-state index in [2.05, 4.69) is 11.9 Å². The van der Waals surface area contributed by atoms with Crippen molar-refractivity contribution in [2.45, 2.75) is 36.0 Å². The maximum absolute atomic E-state index is 12.6. The van der Waals surface area contributed by atoms with E-state index in [1.807, 2.05) is 12.1 Å². The second-order valence-corrected chi connectivity index (χ2v) is 7.10. The minimum Gasteiger partial charge on any atom is -0.504 e. The van der Waals surface area contributed by atoms with E-state index in [4.69, 9.17) is 9.47 Å². The Kier molecular flexibility index (Phi) is 2.34. The minimum absolute atomic E-state index is 0.0376. The third-order valence-corrected chi connectivity index (χ3v) is 6.44. The van der Waals surface area contributed by atoms with Crippen molar-refractivity contribution in [3.63, 3.8) is 0 Å². The molecule has 2 aliphatic carbocycles. The smallest absolute Gasteiger partial charge is 0.196 e. The summed E-state index contributed by atoms with van der Waals surface area (Å²) in [4.78, 5) is 14.9. The van der Waals surface area contributed by atoms with Crippen molar-refractivity contribution in [1.29, 1.82) is 0 Å². The highest BCUT2D eigenvalue weighted by Crippen LogP contribution is 2.64. The van der Waals surface area contributed by atoms with Gasteiger partial charge in [0.05, 0.1) is 5.41 Å². The highest BCUT2D eigenvalue weighted by Gasteiger charge is 2.72. The fourth-order valence-electron chi connectivity index (χ4n) is 5.48. The van der Waals surface area contributed by atoms with Crippen LogP contribution in [0.25, 0.3) is 0 Å². The second kappa shape index (κ2) is 3.97. The zero-order valence-electron chi connectivity index (χ0n) is 13.2. The Morgan fingerprint density at radius 2 is 2.26 bits per heavy atom. The summed E-state index contributed by atoms with van der Waals surface area (Å²) in [6, 6.07) is 3.80. The molecule has 5 heteroatoms. The predicted octanol–water partition coefficient (Wildman–Crippen LogP) is 1.18. The number of ether oxygens (including phenoxy) is 2. The molecule has 0 unspecified atom stereocenters. The molecule has 0 amide bonds. The third-order valence-electron chi connectivity index (χ3n) is 6.44. The summed E-state index contributed by atoms with van der Waals surface area (Å²) < 4.78 is 12.2. The predicted molar refractivity (Wildman–Crippen MR) is 82.8 cm³/mol. The van der Waals surface area contributed by atoms with Crippen molar-refractivity contribution in [2.24, 2.45) is 0 Å². The number of carbonyl (C=O) groups excluding carboxylic acids is 1. The summed E-state index contributed by atoms with van der Waals surface area (Å²) in [5, 5.41) is 10.3. The van der Waals surface area contributed by atoms with Crippen molar-refractivity contribution < 1.29 is 19.4 Å². The number of benzene rings is 1. The van der Waals surface area contributed by atoms with Gasteiger partial charge in [-0.25, -0.2) is 0 Å². The van der Waals surface area contributed by atoms with Gasteiger partial charge in [-0.2, -0.15) is 0 Å². The van der Waals surface area contributed by atoms with Gasteiger partial charge in [-0.15, -0.1) is 0 Å². The summed E-state index contributed by atoms with van der Waals surface area (Å²) in [6.07, 6.45) is 4.54. The average Bonchev–Trinajstić information content (AvgIpc) is 2.91. The molecule has 1 spiro atoms. The molecule has 0 aromatic heterocycles. The molecule has 1 aromatic carbocycles. The zero-order valence-corrected chi connectivity index (χ0v) is 13.2. The van der Waals surface area contributed by atoms with Crippen LogP contribution in [0.4, 0.5) is 0 Å². The molecule has 1 N–H and O–H groups in total. The van der Waals surface area contributed by atoms with Crippen LogP contribution in [0.5, 0.6) is 11.5 Å². The van der Waals surface area contributed by atoms with Gasteiger partial charge in [0.2, 0.25) is 0 Å². The second-order valence-electron chi connectivity index (χ2n) is 7.10. The number of aromatic hydroxyl groups is 1. The van der Waals surface area contributed by atoms with Crippen LogP contribution >= 0.6 is 0 Å². The van der Waals surface area contributed by atoms with Crippen molar-refractivity contribution in [1.82, 2.24) is 4.90 Å². The van der Waals surface area contributed by atoms with Gasteiger partial charge in [-0.3, -0.25) is 9.69 Å². The van der Waals surface area contributed by atoms with E-state index in [9.17, 15) is 9.90 Å². The first-order chi connectivity index (χ1) is 11.0. The Morgan fingerprint density at radius 3 is 3.04 bits per heavy atom. The third kappa shape index (κ3) is 1.24. The van der Waals surface area contributed by atoms with Crippen molar-refractivity contribution in [3.8, 4) is 11.5 Å². The van der Waals surface area contributed by atoms with Crippen LogP contribution in [0.3, 0.4) is 0 Å². The molecule has 4 aliphatic rings. The van der Waals surface area contributed by atoms with Crippen LogP contribution in [0.2, 0.25) is 0 Å². The Balaban J connectivity index is 1.91. The quantitative estimate of drug-likeness (QED) is 0.843. The monoisotopic (exact) mass is 313 g/mol. The standard InChI is InChI=1S/C18H19NO4/c1-19-8-7-17-14-10-3-4-11(20)15(14)23-16(17)12(21)5-6-18(17,22-2)13(19)9-10/h3-6,13,16,20H,7-9H2,1-2H3/t13-,16+,17+,18-/m1/s1. The van der Waals surface area contributed by atoms with Gasteiger partial charge in [0, 0.05) is 18.7 Å². The first kappa shape index (κ1) is 13.6. The maximum atomic E-state index is 12.6. The SMILES string of the molecule is CO[C@@]12C=CC(=O)[C@@H]3Oc4c(O)ccc5c4[C@@]31CCN(C)[C@@H]2C5. The number of hydrogen-bond donors (Lipinski definition) is 1. The molecule has 1 saturated heterocycles. The number of phenolic OH excluding ortho intramolecular Hbond substituents is 1. The van der Waals surface area contributed by atoms with E-state index in [-0.39, 0.29) is 17.6 Å². The lowest BCUT2D eigenvalue weighted by Gasteiger charge is -2.61. The molecule has 4 atom stereocenters. The fourth-order valence-corrected chi connectivity index (χ4v) is 5.48. The van der Waals surface area contributed by atoms with Crippen LogP contribution in [0.1, 0.15) is 17.5 Å². The number of piperidine rings is 1. The van der Waals surface area contributed by atoms with Crippen LogP contribution in [-0.2, 0) is 21.4 Å². The van der Waals surface area contributed by atoms with E-state index >= 15 is 0 Å². The van der Waals surface area contributed by atoms with Crippen molar-refractivity contribution >= 4 is 5.78 Å². The number of hydrogen-bond acceptors (Lipinski definition) is 5. The van der Waals surface area contributed by atoms with E-state index in [0.29, 0.717) is 5.75 Å². The number of methoxy groups -OCH3 is 1. The van der Waals surface area contributed by atoms with Crippen LogP contribution in [0, 0.1) is 0 Å². The molecule has 1 fully saturated rings. The molecular weight excluding hydrogens is 294 g/mol. The minimum atomic E-state index is -0.606. The lowest BCUT2D eigenvalue weighted by molar-refractivity contribution is -0.162. The molecule has 120 valence electrons. The normalized spacial score (nSPS) is 40.0. The number of rotatable bonds is 1. The van der Waals surface area contributed by atoms with Gasteiger partial charge in [-0.1, -0.05) is 6.07 Å². The topological polar surface area (TPSA) is 59.0 Å². The lowest BCUT2D eigenvalue weighted by atomic mass is 9.50. The number of likely N-dealkylation sites (N-methyl/N-ethyl adjacent to an activating group) is 1. The Bertz CT molecular complexity index is 773. The first-order valence-electron chi connectivity index (χ1n) is 8.05. The molecular formula is C18H19NO4. The fraction of sp³-hybridized carbons (Fsp3) is 0.500. The largest absolute Gasteiger partial charge is 0.504 e. The van der Waals surface area contributed by atoms with Crippen molar-refractivity contribution in [3.05, 3.63) is 35.4 Å². The first-order valence-corrected chi connectivity index (χ1v) is 8.05. The van der Waals surface area contributed by atoms with E-state index in [1.54, 1.807) is 19.3 Å². The van der Waals surface area contributed by atoms with Gasteiger partial charge in [0.1, 0.15) is 5.60 Å². The van der Waals surface area contributed by atoms with Gasteiger partial charge < -0.3 is 14.6 Å². The van der Waals surface area contributed by atoms with E-state index in [0.717, 1.165) is 30.5 Å². The maximum Gasteiger partial charge on any atom is 0.196 e. The van der Waals surface area contributed by atoms with Crippen molar-refractivity contribution in [2.75, 3.05) is 20.7 Å². The number of ketones is 1. The molecule has 0 radical (unpaired) electrons. The van der Waals surface area contributed by atoms with Crippen LogP contribution in [-0.4, -0.2) is 54.2 Å². The summed E-state index contributed by atoms with van der Waals surface area (Å²) >= 11 is 0. The summed E-state index contributed by atoms with van der Waals surface area (Å²) in [5.41, 5.74) is 1.02. The number of nitrogens with zero attached hydrogens (tertiary/aromatic N) is 1. The summed E-state index contributed by atoms with van der Waals surface area (Å²) in [6.45, 7) is 0.880. The molecule has 2 heterocycles. The zero-order chi connectivity index (χ0) is 16.0. The lowest BCUT2D eigenvalue weighted by Crippen LogP contribution is -2.75. The molecule has 0 saturated carbocycles. The number of carbonyl (C=O) groups is 1. The highest BCUT2D eigenvalue weighted by molar-refractivity contribution is 5.99. The van der Waals surface area contributed by atoms with Gasteiger partial charge in [0.15, 0.2) is 23.4 Å². The highest BCUT2D eigenvalue weighted by atomic mass is 16.5. The van der Waals surface area contributed by atoms with Crippen LogP contribution in [0.15, 0.2) is 24.3 Å². The molecule has 23 heavy (non-hydrogen) atoms. The van der Waals surface area contributed by atoms with E-state index in [1.165, 1.54) is 0 Å². The van der Waals surface area contributed by atoms with E-state index < -0.39 is 17.1 Å². The average molecular weight is 313 g/mol. The Labute approximate surface area is 134 Å². The molecule has 5 rings (SSSR count). The molecule has 5 nitrogen and oxygen atoms in total. The summed E-state index contributed by atoms with van der Waals surface area (Å²) in [5.74, 6) is 0.557. The molecule has 2 aliphatic heterocycles. The van der Waals surface area contributed by atoms with Gasteiger partial charge in [-0.05, 0) is 50.2 Å². The van der Waals surface area contributed by atoms with Gasteiger partial charge in [0.25, 0.3) is 0 Å².